The fourth-order valence-electron chi connectivity index (χ4n) is 3.64. The average molecular weight is 457 g/mol. The Balaban J connectivity index is 1.29. The number of rotatable bonds is 5. The Bertz CT molecular complexity index is 1410. The monoisotopic (exact) mass is 456 g/mol. The van der Waals surface area contributed by atoms with Crippen LogP contribution in [0.15, 0.2) is 67.3 Å². The molecule has 0 aliphatic heterocycles. The van der Waals surface area contributed by atoms with Gasteiger partial charge < -0.3 is 5.32 Å². The summed E-state index contributed by atoms with van der Waals surface area (Å²) in [6.45, 7) is 6.32. The van der Waals surface area contributed by atoms with Crippen LogP contribution in [0.2, 0.25) is 0 Å². The summed E-state index contributed by atoms with van der Waals surface area (Å²) < 4.78 is 6.49. The van der Waals surface area contributed by atoms with Crippen LogP contribution >= 0.6 is 11.5 Å². The second-order valence-electron chi connectivity index (χ2n) is 9.02. The van der Waals surface area contributed by atoms with Crippen LogP contribution in [0.1, 0.15) is 32.0 Å². The first kappa shape index (κ1) is 21.1. The number of nitrogens with one attached hydrogen (secondary N) is 2. The van der Waals surface area contributed by atoms with Gasteiger partial charge in [-0.1, -0.05) is 39.0 Å². The molecule has 2 aromatic carbocycles. The van der Waals surface area contributed by atoms with E-state index >= 15 is 0 Å². The van der Waals surface area contributed by atoms with Crippen LogP contribution in [0.4, 0.5) is 5.00 Å². The number of amides is 1. The van der Waals surface area contributed by atoms with Crippen molar-refractivity contribution in [3.8, 4) is 16.8 Å². The number of aromatic nitrogens is 5. The van der Waals surface area contributed by atoms with Gasteiger partial charge in [0.15, 0.2) is 0 Å². The summed E-state index contributed by atoms with van der Waals surface area (Å²) >= 11 is 1.32. The van der Waals surface area contributed by atoms with Crippen LogP contribution in [-0.4, -0.2) is 30.0 Å². The van der Waals surface area contributed by atoms with Gasteiger partial charge in [-0.15, -0.1) is 0 Å². The van der Waals surface area contributed by atoms with E-state index in [-0.39, 0.29) is 11.3 Å². The van der Waals surface area contributed by atoms with Crippen molar-refractivity contribution in [2.45, 2.75) is 32.6 Å². The van der Waals surface area contributed by atoms with Crippen LogP contribution in [0.3, 0.4) is 0 Å². The lowest BCUT2D eigenvalue weighted by molar-refractivity contribution is -0.115. The van der Waals surface area contributed by atoms with E-state index in [1.165, 1.54) is 11.5 Å². The summed E-state index contributed by atoms with van der Waals surface area (Å²) in [4.78, 5) is 17.1. The van der Waals surface area contributed by atoms with Crippen LogP contribution in [0.25, 0.3) is 27.8 Å². The fraction of sp³-hybridized carbons (Fsp3) is 0.200. The van der Waals surface area contributed by atoms with Crippen molar-refractivity contribution in [1.82, 2.24) is 24.1 Å². The van der Waals surface area contributed by atoms with E-state index < -0.39 is 0 Å². The zero-order valence-electron chi connectivity index (χ0n) is 18.7. The van der Waals surface area contributed by atoms with E-state index in [1.807, 2.05) is 47.4 Å². The predicted octanol–water partition coefficient (Wildman–Crippen LogP) is 5.35. The molecule has 2 N–H and O–H groups in total. The van der Waals surface area contributed by atoms with Gasteiger partial charge >= 0.3 is 0 Å². The first-order valence-electron chi connectivity index (χ1n) is 10.7. The van der Waals surface area contributed by atoms with Crippen LogP contribution in [0.5, 0.6) is 0 Å². The van der Waals surface area contributed by atoms with Crippen molar-refractivity contribution in [2.75, 3.05) is 5.32 Å². The normalized spacial score (nSPS) is 11.7. The highest BCUT2D eigenvalue weighted by atomic mass is 32.1. The summed E-state index contributed by atoms with van der Waals surface area (Å²) in [5.74, 6) is -0.0493. The molecule has 0 bridgehead atoms. The molecule has 0 saturated heterocycles. The number of carbonyl (C=O) groups is 1. The van der Waals surface area contributed by atoms with E-state index in [0.29, 0.717) is 6.42 Å². The van der Waals surface area contributed by atoms with Crippen molar-refractivity contribution in [3.05, 3.63) is 78.5 Å². The number of hydrogen-bond donors (Lipinski definition) is 2. The number of anilines is 1. The van der Waals surface area contributed by atoms with Gasteiger partial charge in [0.25, 0.3) is 0 Å². The highest BCUT2D eigenvalue weighted by Crippen LogP contribution is 2.27. The third kappa shape index (κ3) is 4.42. The molecular weight excluding hydrogens is 432 g/mol. The maximum Gasteiger partial charge on any atom is 0.229 e. The minimum absolute atomic E-state index is 0.0341. The number of benzene rings is 2. The van der Waals surface area contributed by atoms with Crippen LogP contribution in [-0.2, 0) is 16.6 Å². The lowest BCUT2D eigenvalue weighted by atomic mass is 9.92. The van der Waals surface area contributed by atoms with E-state index in [9.17, 15) is 4.79 Å². The van der Waals surface area contributed by atoms with E-state index in [2.05, 4.69) is 63.8 Å². The molecule has 166 valence electrons. The molecule has 3 heterocycles. The molecule has 0 aliphatic rings. The van der Waals surface area contributed by atoms with Gasteiger partial charge in [-0.05, 0) is 53.0 Å². The third-order valence-electron chi connectivity index (χ3n) is 5.50. The Morgan fingerprint density at radius 1 is 1.09 bits per heavy atom. The maximum atomic E-state index is 12.5. The molecule has 0 radical (unpaired) electrons. The van der Waals surface area contributed by atoms with Gasteiger partial charge in [-0.2, -0.15) is 9.47 Å². The van der Waals surface area contributed by atoms with Crippen molar-refractivity contribution in [2.24, 2.45) is 0 Å². The first-order chi connectivity index (χ1) is 15.9. The smallest absolute Gasteiger partial charge is 0.229 e. The summed E-state index contributed by atoms with van der Waals surface area (Å²) in [6.07, 6.45) is 5.79. The van der Waals surface area contributed by atoms with Gasteiger partial charge in [-0.3, -0.25) is 14.5 Å². The van der Waals surface area contributed by atoms with Crippen molar-refractivity contribution >= 4 is 33.5 Å². The van der Waals surface area contributed by atoms with Gasteiger partial charge in [0, 0.05) is 22.9 Å². The molecule has 0 aliphatic carbocycles. The topological polar surface area (TPSA) is 88.5 Å². The summed E-state index contributed by atoms with van der Waals surface area (Å²) in [5.41, 5.74) is 6.92. The third-order valence-corrected chi connectivity index (χ3v) is 6.20. The fourth-order valence-corrected chi connectivity index (χ4v) is 4.48. The Hall–Kier alpha value is -3.78. The molecule has 33 heavy (non-hydrogen) atoms. The Kier molecular flexibility index (Phi) is 5.30. The Labute approximate surface area is 195 Å². The standard InChI is InChI=1S/C25H24N6OS/c1-25(2,3)22-12-24(33-30-22)29-23(32)10-16-4-7-19(8-5-16)31-15-26-20-11-17(6-9-21(20)31)18-13-27-28-14-18/h4-9,11-15H,10H2,1-3H3,(H,27,28)(H,29,32). The summed E-state index contributed by atoms with van der Waals surface area (Å²) in [6, 6.07) is 16.1. The molecule has 0 atom stereocenters. The zero-order valence-corrected chi connectivity index (χ0v) is 19.5. The van der Waals surface area contributed by atoms with Crippen molar-refractivity contribution in [3.63, 3.8) is 0 Å². The van der Waals surface area contributed by atoms with Crippen LogP contribution < -0.4 is 5.32 Å². The largest absolute Gasteiger partial charge is 0.316 e. The Morgan fingerprint density at radius 3 is 2.61 bits per heavy atom. The number of imidazole rings is 1. The molecule has 1 amide bonds. The molecule has 8 heteroatoms. The number of hydrogen-bond acceptors (Lipinski definition) is 5. The predicted molar refractivity (Wildman–Crippen MR) is 132 cm³/mol. The molecule has 7 nitrogen and oxygen atoms in total. The lowest BCUT2D eigenvalue weighted by Gasteiger charge is -2.13. The summed E-state index contributed by atoms with van der Waals surface area (Å²) in [7, 11) is 0. The number of fused-ring (bicyclic) bond motifs is 1. The minimum Gasteiger partial charge on any atom is -0.316 e. The maximum absolute atomic E-state index is 12.5. The molecule has 0 unspecified atom stereocenters. The quantitative estimate of drug-likeness (QED) is 0.373. The first-order valence-corrected chi connectivity index (χ1v) is 11.5. The van der Waals surface area contributed by atoms with E-state index in [1.54, 1.807) is 6.20 Å². The van der Waals surface area contributed by atoms with Crippen molar-refractivity contribution < 1.29 is 4.79 Å². The number of nitrogens with zero attached hydrogens (tertiary/aromatic N) is 4. The minimum atomic E-state index is -0.0493. The second-order valence-corrected chi connectivity index (χ2v) is 9.83. The molecule has 5 aromatic rings. The number of aromatic amines is 1. The molecule has 3 aromatic heterocycles. The van der Waals surface area contributed by atoms with Gasteiger partial charge in [0.05, 0.1) is 29.3 Å². The van der Waals surface area contributed by atoms with E-state index in [0.717, 1.165) is 44.1 Å². The van der Waals surface area contributed by atoms with Crippen LogP contribution in [0, 0.1) is 0 Å². The molecule has 5 rings (SSSR count). The highest BCUT2D eigenvalue weighted by Gasteiger charge is 2.18. The van der Waals surface area contributed by atoms with Gasteiger partial charge in [0.2, 0.25) is 5.91 Å². The number of carbonyl (C=O) groups excluding carboxylic acids is 1. The molecule has 0 fully saturated rings. The summed E-state index contributed by atoms with van der Waals surface area (Å²) in [5, 5.41) is 10.6. The SMILES string of the molecule is CC(C)(C)c1cc(NC(=O)Cc2ccc(-n3cnc4cc(-c5cn[nH]c5)ccc43)cc2)sn1. The molecule has 0 spiro atoms. The highest BCUT2D eigenvalue weighted by molar-refractivity contribution is 7.10. The second kappa shape index (κ2) is 8.29. The Morgan fingerprint density at radius 2 is 1.91 bits per heavy atom. The van der Waals surface area contributed by atoms with Crippen molar-refractivity contribution in [1.29, 1.82) is 0 Å². The lowest BCUT2D eigenvalue weighted by Crippen LogP contribution is -2.14. The van der Waals surface area contributed by atoms with Gasteiger partial charge in [0.1, 0.15) is 11.3 Å². The molecular formula is C25H24N6OS. The zero-order chi connectivity index (χ0) is 23.0. The number of H-pyrrole nitrogens is 1. The van der Waals surface area contributed by atoms with Gasteiger partial charge in [-0.25, -0.2) is 4.98 Å². The molecule has 0 saturated carbocycles. The van der Waals surface area contributed by atoms with E-state index in [4.69, 9.17) is 0 Å². The average Bonchev–Trinajstić information content (AvgIpc) is 3.54.